The van der Waals surface area contributed by atoms with Crippen molar-refractivity contribution in [1.29, 1.82) is 0 Å². The minimum absolute atomic E-state index is 0.134. The van der Waals surface area contributed by atoms with Crippen molar-refractivity contribution >= 4 is 0 Å². The van der Waals surface area contributed by atoms with Crippen LogP contribution in [0.1, 0.15) is 25.7 Å². The first-order valence-electron chi connectivity index (χ1n) is 7.85. The fourth-order valence-electron chi connectivity index (χ4n) is 3.80. The Morgan fingerprint density at radius 2 is 2.22 bits per heavy atom. The smallest absolute Gasteiger partial charge is 0.418 e. The van der Waals surface area contributed by atoms with Gasteiger partial charge in [0, 0.05) is 30.9 Å². The lowest BCUT2D eigenvalue weighted by Crippen LogP contribution is -2.46. The van der Waals surface area contributed by atoms with E-state index in [1.54, 1.807) is 7.05 Å². The number of rotatable bonds is 4. The largest absolute Gasteiger partial charge is 0.476 e. The topological polar surface area (TPSA) is 48.0 Å². The molecule has 1 unspecified atom stereocenters. The highest BCUT2D eigenvalue weighted by molar-refractivity contribution is 5.27. The standard InChI is InChI=1S/C15H22F3N3O2/c1-20-13(7-11(8-19-20)15(16,17)18)23-9-12-3-5-14(10-22)4-2-6-21(12)14/h7-8,12,19,22H,2-6,9-10H2,1H3/t12-,14?/m0/s1. The average molecular weight is 333 g/mol. The Morgan fingerprint density at radius 1 is 1.43 bits per heavy atom. The van der Waals surface area contributed by atoms with Gasteiger partial charge >= 0.3 is 6.18 Å². The molecular weight excluding hydrogens is 311 g/mol. The van der Waals surface area contributed by atoms with Gasteiger partial charge in [0.05, 0.1) is 12.2 Å². The zero-order valence-corrected chi connectivity index (χ0v) is 13.1. The number of hydrogen-bond donors (Lipinski definition) is 2. The normalized spacial score (nSPS) is 31.5. The molecule has 0 bridgehead atoms. The van der Waals surface area contributed by atoms with Gasteiger partial charge in [-0.2, -0.15) is 13.2 Å². The Bertz CT molecular complexity index is 521. The second-order valence-corrected chi connectivity index (χ2v) is 6.45. The Balaban J connectivity index is 1.64. The van der Waals surface area contributed by atoms with Gasteiger partial charge in [-0.15, -0.1) is 0 Å². The summed E-state index contributed by atoms with van der Waals surface area (Å²) in [6.07, 6.45) is 1.35. The van der Waals surface area contributed by atoms with Crippen LogP contribution in [0.15, 0.2) is 23.7 Å². The number of nitrogens with one attached hydrogen (secondary N) is 1. The first-order chi connectivity index (χ1) is 10.9. The van der Waals surface area contributed by atoms with Crippen LogP contribution >= 0.6 is 0 Å². The van der Waals surface area contributed by atoms with Gasteiger partial charge in [-0.05, 0) is 32.2 Å². The molecule has 0 aromatic carbocycles. The van der Waals surface area contributed by atoms with Gasteiger partial charge in [0.15, 0.2) is 0 Å². The number of allylic oxidation sites excluding steroid dienone is 2. The molecule has 2 atom stereocenters. The lowest BCUT2D eigenvalue weighted by Gasteiger charge is -2.34. The molecule has 0 radical (unpaired) electrons. The van der Waals surface area contributed by atoms with Crippen LogP contribution in [0.2, 0.25) is 0 Å². The lowest BCUT2D eigenvalue weighted by molar-refractivity contribution is -0.0906. The summed E-state index contributed by atoms with van der Waals surface area (Å²) in [5.74, 6) is 0.153. The molecule has 0 aromatic rings. The highest BCUT2D eigenvalue weighted by Crippen LogP contribution is 2.42. The summed E-state index contributed by atoms with van der Waals surface area (Å²) in [4.78, 5) is 2.27. The van der Waals surface area contributed by atoms with E-state index in [0.29, 0.717) is 6.61 Å². The Kier molecular flexibility index (Phi) is 4.22. The molecule has 2 N–H and O–H groups in total. The van der Waals surface area contributed by atoms with E-state index in [2.05, 4.69) is 10.3 Å². The molecule has 3 heterocycles. The third-order valence-corrected chi connectivity index (χ3v) is 5.10. The fraction of sp³-hybridized carbons (Fsp3) is 0.733. The first kappa shape index (κ1) is 16.4. The lowest BCUT2D eigenvalue weighted by atomic mass is 9.95. The monoisotopic (exact) mass is 333 g/mol. The van der Waals surface area contributed by atoms with Crippen LogP contribution in [0.5, 0.6) is 0 Å². The molecule has 2 fully saturated rings. The van der Waals surface area contributed by atoms with Gasteiger partial charge in [-0.25, -0.2) is 0 Å². The molecule has 0 aliphatic carbocycles. The molecule has 3 aliphatic heterocycles. The van der Waals surface area contributed by atoms with E-state index >= 15 is 0 Å². The molecular formula is C15H22F3N3O2. The second-order valence-electron chi connectivity index (χ2n) is 6.45. The van der Waals surface area contributed by atoms with Gasteiger partial charge in [-0.3, -0.25) is 9.91 Å². The third-order valence-electron chi connectivity index (χ3n) is 5.10. The molecule has 130 valence electrons. The van der Waals surface area contributed by atoms with Gasteiger partial charge < -0.3 is 15.3 Å². The maximum atomic E-state index is 12.8. The van der Waals surface area contributed by atoms with Crippen molar-refractivity contribution in [2.75, 3.05) is 26.8 Å². The van der Waals surface area contributed by atoms with Crippen molar-refractivity contribution in [3.8, 4) is 0 Å². The van der Waals surface area contributed by atoms with Crippen molar-refractivity contribution in [2.45, 2.75) is 43.4 Å². The minimum Gasteiger partial charge on any atom is -0.476 e. The summed E-state index contributed by atoms with van der Waals surface area (Å²) in [6, 6.07) is 0.138. The molecule has 0 amide bonds. The fourth-order valence-corrected chi connectivity index (χ4v) is 3.80. The molecule has 8 heteroatoms. The van der Waals surface area contributed by atoms with Crippen molar-refractivity contribution < 1.29 is 23.0 Å². The maximum Gasteiger partial charge on any atom is 0.418 e. The molecule has 0 spiro atoms. The van der Waals surface area contributed by atoms with E-state index in [0.717, 1.165) is 44.5 Å². The number of halogens is 3. The number of hydrogen-bond acceptors (Lipinski definition) is 5. The first-order valence-corrected chi connectivity index (χ1v) is 7.85. The molecule has 3 aliphatic rings. The van der Waals surface area contributed by atoms with Gasteiger partial charge in [0.1, 0.15) is 6.61 Å². The Labute approximate surface area is 133 Å². The number of hydrazine groups is 1. The summed E-state index contributed by atoms with van der Waals surface area (Å²) in [5, 5.41) is 11.1. The predicted octanol–water partition coefficient (Wildman–Crippen LogP) is 1.73. The summed E-state index contributed by atoms with van der Waals surface area (Å²) in [7, 11) is 1.61. The summed E-state index contributed by atoms with van der Waals surface area (Å²) in [6.45, 7) is 1.37. The van der Waals surface area contributed by atoms with Crippen LogP contribution < -0.4 is 5.43 Å². The van der Waals surface area contributed by atoms with Crippen LogP contribution in [0, 0.1) is 0 Å². The number of fused-ring (bicyclic) bond motifs is 1. The molecule has 23 heavy (non-hydrogen) atoms. The van der Waals surface area contributed by atoms with Gasteiger partial charge in [0.25, 0.3) is 0 Å². The van der Waals surface area contributed by atoms with Crippen molar-refractivity contribution in [3.05, 3.63) is 23.7 Å². The van der Waals surface area contributed by atoms with Crippen molar-refractivity contribution in [3.63, 3.8) is 0 Å². The van der Waals surface area contributed by atoms with Gasteiger partial charge in [0.2, 0.25) is 5.88 Å². The predicted molar refractivity (Wildman–Crippen MR) is 77.9 cm³/mol. The minimum atomic E-state index is -4.41. The SMILES string of the molecule is CN1NC=C(C(F)(F)F)C=C1OC[C@@H]1CCC2(CO)CCCN12. The van der Waals surface area contributed by atoms with Crippen molar-refractivity contribution in [2.24, 2.45) is 0 Å². The van der Waals surface area contributed by atoms with E-state index in [1.807, 2.05) is 0 Å². The summed E-state index contributed by atoms with van der Waals surface area (Å²) < 4.78 is 44.0. The Morgan fingerprint density at radius 3 is 2.91 bits per heavy atom. The van der Waals surface area contributed by atoms with Crippen LogP contribution in [-0.2, 0) is 4.74 Å². The van der Waals surface area contributed by atoms with E-state index in [1.165, 1.54) is 5.01 Å². The van der Waals surface area contributed by atoms with Crippen LogP contribution in [0.25, 0.3) is 0 Å². The molecule has 3 rings (SSSR count). The average Bonchev–Trinajstić information content (AvgIpc) is 3.05. The number of aliphatic hydroxyl groups is 1. The third kappa shape index (κ3) is 3.01. The summed E-state index contributed by atoms with van der Waals surface area (Å²) >= 11 is 0. The van der Waals surface area contributed by atoms with E-state index in [9.17, 15) is 18.3 Å². The molecule has 5 nitrogen and oxygen atoms in total. The highest BCUT2D eigenvalue weighted by Gasteiger charge is 2.49. The van der Waals surface area contributed by atoms with Crippen LogP contribution in [-0.4, -0.2) is 59.6 Å². The highest BCUT2D eigenvalue weighted by atomic mass is 19.4. The maximum absolute atomic E-state index is 12.8. The molecule has 0 aromatic heterocycles. The van der Waals surface area contributed by atoms with E-state index < -0.39 is 11.7 Å². The number of nitrogens with zero attached hydrogens (tertiary/aromatic N) is 2. The van der Waals surface area contributed by atoms with E-state index in [4.69, 9.17) is 4.74 Å². The van der Waals surface area contributed by atoms with Gasteiger partial charge in [-0.1, -0.05) is 0 Å². The van der Waals surface area contributed by atoms with Crippen molar-refractivity contribution in [1.82, 2.24) is 15.3 Å². The molecule has 0 saturated carbocycles. The number of alkyl halides is 3. The summed E-state index contributed by atoms with van der Waals surface area (Å²) in [5.41, 5.74) is 1.63. The Hall–Kier alpha value is -1.41. The number of aliphatic hydroxyl groups excluding tert-OH is 1. The zero-order valence-electron chi connectivity index (χ0n) is 13.1. The second kappa shape index (κ2) is 5.90. The van der Waals surface area contributed by atoms with Crippen LogP contribution in [0.4, 0.5) is 13.2 Å². The van der Waals surface area contributed by atoms with Crippen LogP contribution in [0.3, 0.4) is 0 Å². The zero-order chi connectivity index (χ0) is 16.7. The van der Waals surface area contributed by atoms with E-state index in [-0.39, 0.29) is 24.1 Å². The molecule has 2 saturated heterocycles. The number of ether oxygens (including phenoxy) is 1. The quantitative estimate of drug-likeness (QED) is 0.821.